The Hall–Kier alpha value is -0.160. The molecule has 0 aromatic carbocycles. The molecule has 1 unspecified atom stereocenters. The number of thiophene rings is 2. The molecule has 2 aromatic rings. The highest BCUT2D eigenvalue weighted by Gasteiger charge is 2.16. The molecule has 0 aliphatic carbocycles. The third-order valence-electron chi connectivity index (χ3n) is 2.64. The second kappa shape index (κ2) is 5.00. The van der Waals surface area contributed by atoms with Crippen molar-refractivity contribution in [2.24, 2.45) is 0 Å². The molecule has 1 atom stereocenters. The lowest BCUT2D eigenvalue weighted by Crippen LogP contribution is -2.14. The fourth-order valence-corrected chi connectivity index (χ4v) is 4.45. The van der Waals surface area contributed by atoms with Gasteiger partial charge in [0.25, 0.3) is 0 Å². The predicted molar refractivity (Wildman–Crippen MR) is 76.7 cm³/mol. The molecule has 2 rings (SSSR count). The molecule has 0 spiro atoms. The molecule has 0 amide bonds. The largest absolute Gasteiger partial charge is 0.308 e. The van der Waals surface area contributed by atoms with E-state index in [1.807, 2.05) is 18.4 Å². The molecule has 0 saturated heterocycles. The summed E-state index contributed by atoms with van der Waals surface area (Å²) in [5.41, 5.74) is 1.39. The van der Waals surface area contributed by atoms with E-state index in [9.17, 15) is 0 Å². The van der Waals surface area contributed by atoms with Crippen LogP contribution in [-0.4, -0.2) is 7.05 Å². The van der Waals surface area contributed by atoms with Gasteiger partial charge in [-0.05, 0) is 60.6 Å². The van der Waals surface area contributed by atoms with Crippen LogP contribution >= 0.6 is 38.6 Å². The van der Waals surface area contributed by atoms with Crippen molar-refractivity contribution in [3.8, 4) is 0 Å². The first kappa shape index (κ1) is 12.3. The molecule has 0 bridgehead atoms. The highest BCUT2D eigenvalue weighted by molar-refractivity contribution is 9.11. The Labute approximate surface area is 113 Å². The molecule has 0 radical (unpaired) electrons. The predicted octanol–water partition coefficient (Wildman–Crippen LogP) is 4.50. The molecule has 1 nitrogen and oxygen atoms in total. The summed E-state index contributed by atoms with van der Waals surface area (Å²) in [6.07, 6.45) is 0. The number of aryl methyl sites for hydroxylation is 2. The third-order valence-corrected chi connectivity index (χ3v) is 5.54. The maximum atomic E-state index is 3.52. The summed E-state index contributed by atoms with van der Waals surface area (Å²) in [5.74, 6) is 0. The van der Waals surface area contributed by atoms with Crippen molar-refractivity contribution in [1.82, 2.24) is 5.32 Å². The molecule has 0 aliphatic rings. The van der Waals surface area contributed by atoms with Crippen LogP contribution in [0, 0.1) is 13.8 Å². The van der Waals surface area contributed by atoms with Gasteiger partial charge in [0.15, 0.2) is 0 Å². The van der Waals surface area contributed by atoms with Crippen molar-refractivity contribution in [3.05, 3.63) is 42.2 Å². The lowest BCUT2D eigenvalue weighted by Gasteiger charge is -2.12. The Bertz CT molecular complexity index is 467. The summed E-state index contributed by atoms with van der Waals surface area (Å²) in [7, 11) is 2.02. The standard InChI is InChI=1S/C12H14BrNS2/c1-7-6-10(15-8(7)2)12(14-3)9-4-5-11(13)16-9/h4-6,12,14H,1-3H3. The average molecular weight is 316 g/mol. The van der Waals surface area contributed by atoms with E-state index in [0.717, 1.165) is 0 Å². The Morgan fingerprint density at radius 3 is 2.38 bits per heavy atom. The van der Waals surface area contributed by atoms with Crippen LogP contribution in [-0.2, 0) is 0 Å². The highest BCUT2D eigenvalue weighted by atomic mass is 79.9. The zero-order valence-electron chi connectivity index (χ0n) is 9.50. The van der Waals surface area contributed by atoms with Gasteiger partial charge in [-0.2, -0.15) is 0 Å². The normalized spacial score (nSPS) is 13.0. The lowest BCUT2D eigenvalue weighted by molar-refractivity contribution is 0.716. The van der Waals surface area contributed by atoms with E-state index in [0.29, 0.717) is 6.04 Å². The van der Waals surface area contributed by atoms with E-state index < -0.39 is 0 Å². The van der Waals surface area contributed by atoms with Gasteiger partial charge in [0.2, 0.25) is 0 Å². The quantitative estimate of drug-likeness (QED) is 0.879. The SMILES string of the molecule is CNC(c1ccc(Br)s1)c1cc(C)c(C)s1. The summed E-state index contributed by atoms with van der Waals surface area (Å²) in [5, 5.41) is 3.39. The monoisotopic (exact) mass is 315 g/mol. The van der Waals surface area contributed by atoms with E-state index in [2.05, 4.69) is 53.3 Å². The van der Waals surface area contributed by atoms with Crippen LogP contribution in [0.1, 0.15) is 26.2 Å². The molecular weight excluding hydrogens is 302 g/mol. The number of halogens is 1. The number of hydrogen-bond acceptors (Lipinski definition) is 3. The minimum absolute atomic E-state index is 0.327. The zero-order chi connectivity index (χ0) is 11.7. The maximum Gasteiger partial charge on any atom is 0.0763 e. The van der Waals surface area contributed by atoms with Gasteiger partial charge in [-0.3, -0.25) is 0 Å². The van der Waals surface area contributed by atoms with Gasteiger partial charge in [0, 0.05) is 14.6 Å². The molecule has 0 aliphatic heterocycles. The van der Waals surface area contributed by atoms with Gasteiger partial charge < -0.3 is 5.32 Å². The number of rotatable bonds is 3. The average Bonchev–Trinajstić information content (AvgIpc) is 2.77. The van der Waals surface area contributed by atoms with Crippen molar-refractivity contribution in [2.75, 3.05) is 7.05 Å². The lowest BCUT2D eigenvalue weighted by atomic mass is 10.2. The summed E-state index contributed by atoms with van der Waals surface area (Å²) in [4.78, 5) is 4.16. The molecule has 86 valence electrons. The van der Waals surface area contributed by atoms with Crippen molar-refractivity contribution in [1.29, 1.82) is 0 Å². The van der Waals surface area contributed by atoms with Crippen LogP contribution in [0.2, 0.25) is 0 Å². The van der Waals surface area contributed by atoms with E-state index in [1.54, 1.807) is 11.3 Å². The first-order valence-electron chi connectivity index (χ1n) is 5.11. The van der Waals surface area contributed by atoms with E-state index in [-0.39, 0.29) is 0 Å². The molecule has 4 heteroatoms. The number of nitrogens with one attached hydrogen (secondary N) is 1. The zero-order valence-corrected chi connectivity index (χ0v) is 12.7. The van der Waals surface area contributed by atoms with Gasteiger partial charge >= 0.3 is 0 Å². The third kappa shape index (κ3) is 2.40. The Balaban J connectivity index is 2.36. The van der Waals surface area contributed by atoms with Crippen LogP contribution < -0.4 is 5.32 Å². The molecule has 2 heterocycles. The van der Waals surface area contributed by atoms with Crippen LogP contribution in [0.3, 0.4) is 0 Å². The van der Waals surface area contributed by atoms with Gasteiger partial charge in [-0.25, -0.2) is 0 Å². The Morgan fingerprint density at radius 2 is 1.94 bits per heavy atom. The second-order valence-electron chi connectivity index (χ2n) is 3.75. The van der Waals surface area contributed by atoms with Crippen molar-refractivity contribution in [3.63, 3.8) is 0 Å². The van der Waals surface area contributed by atoms with Gasteiger partial charge in [0.1, 0.15) is 0 Å². The minimum Gasteiger partial charge on any atom is -0.308 e. The van der Waals surface area contributed by atoms with Gasteiger partial charge in [-0.1, -0.05) is 0 Å². The fraction of sp³-hybridized carbons (Fsp3) is 0.333. The van der Waals surface area contributed by atoms with Crippen LogP contribution in [0.4, 0.5) is 0 Å². The molecular formula is C12H14BrNS2. The smallest absolute Gasteiger partial charge is 0.0763 e. The summed E-state index contributed by atoms with van der Waals surface area (Å²) in [6.45, 7) is 4.35. The van der Waals surface area contributed by atoms with E-state index >= 15 is 0 Å². The Kier molecular flexibility index (Phi) is 3.85. The maximum absolute atomic E-state index is 3.52. The van der Waals surface area contributed by atoms with Crippen molar-refractivity contribution >= 4 is 38.6 Å². The van der Waals surface area contributed by atoms with Crippen molar-refractivity contribution < 1.29 is 0 Å². The second-order valence-corrected chi connectivity index (χ2v) is 7.53. The summed E-state index contributed by atoms with van der Waals surface area (Å²) in [6, 6.07) is 6.90. The first-order valence-corrected chi connectivity index (χ1v) is 7.54. The van der Waals surface area contributed by atoms with E-state index in [1.165, 1.54) is 24.0 Å². The minimum atomic E-state index is 0.327. The Morgan fingerprint density at radius 1 is 1.19 bits per heavy atom. The first-order chi connectivity index (χ1) is 7.61. The van der Waals surface area contributed by atoms with Crippen molar-refractivity contribution in [2.45, 2.75) is 19.9 Å². The molecule has 0 saturated carbocycles. The summed E-state index contributed by atoms with van der Waals surface area (Å²) >= 11 is 7.19. The molecule has 16 heavy (non-hydrogen) atoms. The fourth-order valence-electron chi connectivity index (χ4n) is 1.65. The van der Waals surface area contributed by atoms with Gasteiger partial charge in [0.05, 0.1) is 9.83 Å². The van der Waals surface area contributed by atoms with Crippen LogP contribution in [0.5, 0.6) is 0 Å². The van der Waals surface area contributed by atoms with Gasteiger partial charge in [-0.15, -0.1) is 22.7 Å². The topological polar surface area (TPSA) is 12.0 Å². The van der Waals surface area contributed by atoms with Crippen LogP contribution in [0.15, 0.2) is 22.0 Å². The number of hydrogen-bond donors (Lipinski definition) is 1. The highest BCUT2D eigenvalue weighted by Crippen LogP contribution is 2.35. The molecule has 2 aromatic heterocycles. The molecule has 0 fully saturated rings. The molecule has 1 N–H and O–H groups in total. The summed E-state index contributed by atoms with van der Waals surface area (Å²) < 4.78 is 1.19. The van der Waals surface area contributed by atoms with E-state index in [4.69, 9.17) is 0 Å². The van der Waals surface area contributed by atoms with Crippen LogP contribution in [0.25, 0.3) is 0 Å².